The Bertz CT molecular complexity index is 255. The zero-order valence-electron chi connectivity index (χ0n) is 11.4. The van der Waals surface area contributed by atoms with E-state index in [1.165, 1.54) is 57.8 Å². The van der Waals surface area contributed by atoms with Crippen LogP contribution in [0.1, 0.15) is 57.8 Å². The summed E-state index contributed by atoms with van der Waals surface area (Å²) in [4.78, 5) is 13.4. The number of nitrogens with zero attached hydrogens (tertiary/aromatic N) is 1. The fourth-order valence-electron chi connectivity index (χ4n) is 3.50. The van der Waals surface area contributed by atoms with E-state index in [4.69, 9.17) is 11.6 Å². The van der Waals surface area contributed by atoms with E-state index in [2.05, 4.69) is 0 Å². The van der Waals surface area contributed by atoms with E-state index in [1.54, 1.807) is 0 Å². The van der Waals surface area contributed by atoms with Gasteiger partial charge in [-0.05, 0) is 24.7 Å². The molecule has 18 heavy (non-hydrogen) atoms. The molecule has 1 saturated heterocycles. The van der Waals surface area contributed by atoms with Gasteiger partial charge in [-0.3, -0.25) is 4.79 Å². The lowest BCUT2D eigenvalue weighted by molar-refractivity contribution is -0.129. The highest BCUT2D eigenvalue weighted by Crippen LogP contribution is 2.31. The zero-order valence-corrected chi connectivity index (χ0v) is 12.1. The standard InChI is InChI=1S/C15H26ClNO/c16-12-15(18)17-10-8-14(9-11-17)7-6-13-4-2-1-3-5-13/h13-14H,1-12H2. The van der Waals surface area contributed by atoms with E-state index in [0.717, 1.165) is 24.9 Å². The Morgan fingerprint density at radius 1 is 0.944 bits per heavy atom. The Labute approximate surface area is 116 Å². The molecule has 2 fully saturated rings. The molecule has 2 rings (SSSR count). The number of rotatable bonds is 4. The molecule has 2 aliphatic rings. The predicted molar refractivity (Wildman–Crippen MR) is 75.8 cm³/mol. The quantitative estimate of drug-likeness (QED) is 0.712. The smallest absolute Gasteiger partial charge is 0.237 e. The highest BCUT2D eigenvalue weighted by Gasteiger charge is 2.23. The minimum Gasteiger partial charge on any atom is -0.342 e. The molecule has 3 heteroatoms. The average molecular weight is 272 g/mol. The van der Waals surface area contributed by atoms with Crippen molar-refractivity contribution >= 4 is 17.5 Å². The monoisotopic (exact) mass is 271 g/mol. The molecule has 1 amide bonds. The summed E-state index contributed by atoms with van der Waals surface area (Å²) in [6.07, 6.45) is 12.5. The Kier molecular flexibility index (Phi) is 5.81. The van der Waals surface area contributed by atoms with Gasteiger partial charge in [0, 0.05) is 13.1 Å². The van der Waals surface area contributed by atoms with Crippen LogP contribution in [-0.2, 0) is 4.79 Å². The highest BCUT2D eigenvalue weighted by atomic mass is 35.5. The molecule has 0 aromatic rings. The van der Waals surface area contributed by atoms with Crippen molar-refractivity contribution in [2.45, 2.75) is 57.8 Å². The maximum atomic E-state index is 11.5. The number of carbonyl (C=O) groups excluding carboxylic acids is 1. The highest BCUT2D eigenvalue weighted by molar-refractivity contribution is 6.27. The van der Waals surface area contributed by atoms with Crippen LogP contribution < -0.4 is 0 Å². The van der Waals surface area contributed by atoms with Crippen molar-refractivity contribution < 1.29 is 4.79 Å². The van der Waals surface area contributed by atoms with Gasteiger partial charge < -0.3 is 4.90 Å². The summed E-state index contributed by atoms with van der Waals surface area (Å²) < 4.78 is 0. The fourth-order valence-corrected chi connectivity index (χ4v) is 3.67. The molecule has 1 aliphatic heterocycles. The van der Waals surface area contributed by atoms with Crippen molar-refractivity contribution in [1.82, 2.24) is 4.90 Å². The summed E-state index contributed by atoms with van der Waals surface area (Å²) in [7, 11) is 0. The van der Waals surface area contributed by atoms with Gasteiger partial charge in [-0.25, -0.2) is 0 Å². The first-order chi connectivity index (χ1) is 8.79. The lowest BCUT2D eigenvalue weighted by Gasteiger charge is -2.32. The molecule has 0 aromatic carbocycles. The third-order valence-corrected chi connectivity index (χ3v) is 5.02. The van der Waals surface area contributed by atoms with Crippen LogP contribution in [0.25, 0.3) is 0 Å². The van der Waals surface area contributed by atoms with Crippen LogP contribution in [0.5, 0.6) is 0 Å². The Hall–Kier alpha value is -0.240. The molecule has 0 spiro atoms. The van der Waals surface area contributed by atoms with E-state index < -0.39 is 0 Å². The maximum Gasteiger partial charge on any atom is 0.237 e. The molecule has 0 unspecified atom stereocenters. The Balaban J connectivity index is 1.62. The van der Waals surface area contributed by atoms with Crippen LogP contribution >= 0.6 is 11.6 Å². The summed E-state index contributed by atoms with van der Waals surface area (Å²) in [6.45, 7) is 1.86. The number of hydrogen-bond donors (Lipinski definition) is 0. The van der Waals surface area contributed by atoms with E-state index in [-0.39, 0.29) is 11.8 Å². The van der Waals surface area contributed by atoms with Crippen LogP contribution in [0.4, 0.5) is 0 Å². The van der Waals surface area contributed by atoms with Crippen LogP contribution in [0.15, 0.2) is 0 Å². The summed E-state index contributed by atoms with van der Waals surface area (Å²) in [5.41, 5.74) is 0. The normalized spacial score (nSPS) is 23.3. The average Bonchev–Trinajstić information content (AvgIpc) is 2.46. The second-order valence-corrected chi connectivity index (χ2v) is 6.31. The van der Waals surface area contributed by atoms with Crippen LogP contribution in [0.3, 0.4) is 0 Å². The molecule has 104 valence electrons. The van der Waals surface area contributed by atoms with Gasteiger partial charge in [-0.1, -0.05) is 44.9 Å². The van der Waals surface area contributed by atoms with E-state index >= 15 is 0 Å². The van der Waals surface area contributed by atoms with Gasteiger partial charge in [0.25, 0.3) is 0 Å². The topological polar surface area (TPSA) is 20.3 Å². The van der Waals surface area contributed by atoms with Crippen molar-refractivity contribution in [2.24, 2.45) is 11.8 Å². The molecule has 2 nitrogen and oxygen atoms in total. The molecular formula is C15H26ClNO. The number of carbonyl (C=O) groups is 1. The first-order valence-electron chi connectivity index (χ1n) is 7.63. The molecule has 1 aliphatic carbocycles. The second-order valence-electron chi connectivity index (χ2n) is 6.04. The Morgan fingerprint density at radius 3 is 2.06 bits per heavy atom. The predicted octanol–water partition coefficient (Wildman–Crippen LogP) is 3.82. The van der Waals surface area contributed by atoms with Crippen LogP contribution in [-0.4, -0.2) is 29.8 Å². The summed E-state index contributed by atoms with van der Waals surface area (Å²) in [5.74, 6) is 2.11. The van der Waals surface area contributed by atoms with Crippen molar-refractivity contribution in [3.05, 3.63) is 0 Å². The minimum atomic E-state index is 0.113. The largest absolute Gasteiger partial charge is 0.342 e. The van der Waals surface area contributed by atoms with Crippen LogP contribution in [0.2, 0.25) is 0 Å². The van der Waals surface area contributed by atoms with Gasteiger partial charge in [0.05, 0.1) is 0 Å². The molecular weight excluding hydrogens is 246 g/mol. The molecule has 0 bridgehead atoms. The molecule has 0 atom stereocenters. The lowest BCUT2D eigenvalue weighted by Crippen LogP contribution is -2.39. The molecule has 0 N–H and O–H groups in total. The van der Waals surface area contributed by atoms with Crippen molar-refractivity contribution in [3.8, 4) is 0 Å². The third kappa shape index (κ3) is 4.15. The van der Waals surface area contributed by atoms with Gasteiger partial charge in [0.2, 0.25) is 5.91 Å². The molecule has 0 radical (unpaired) electrons. The van der Waals surface area contributed by atoms with Gasteiger partial charge in [-0.15, -0.1) is 11.6 Å². The summed E-state index contributed by atoms with van der Waals surface area (Å²) in [6, 6.07) is 0. The third-order valence-electron chi connectivity index (χ3n) is 4.79. The molecule has 1 saturated carbocycles. The molecule has 0 aromatic heterocycles. The van der Waals surface area contributed by atoms with Crippen LogP contribution in [0, 0.1) is 11.8 Å². The number of halogens is 1. The van der Waals surface area contributed by atoms with Crippen molar-refractivity contribution in [2.75, 3.05) is 19.0 Å². The lowest BCUT2D eigenvalue weighted by atomic mass is 9.82. The summed E-state index contributed by atoms with van der Waals surface area (Å²) >= 11 is 5.59. The van der Waals surface area contributed by atoms with Gasteiger partial charge in [-0.2, -0.15) is 0 Å². The number of alkyl halides is 1. The maximum absolute atomic E-state index is 11.5. The van der Waals surface area contributed by atoms with Crippen molar-refractivity contribution in [3.63, 3.8) is 0 Å². The molecule has 1 heterocycles. The van der Waals surface area contributed by atoms with E-state index in [9.17, 15) is 4.79 Å². The van der Waals surface area contributed by atoms with Gasteiger partial charge >= 0.3 is 0 Å². The number of hydrogen-bond acceptors (Lipinski definition) is 1. The first-order valence-corrected chi connectivity index (χ1v) is 8.17. The zero-order chi connectivity index (χ0) is 12.8. The SMILES string of the molecule is O=C(CCl)N1CCC(CCC2CCCCC2)CC1. The minimum absolute atomic E-state index is 0.113. The Morgan fingerprint density at radius 2 is 1.50 bits per heavy atom. The number of likely N-dealkylation sites (tertiary alicyclic amines) is 1. The fraction of sp³-hybridized carbons (Fsp3) is 0.933. The van der Waals surface area contributed by atoms with Gasteiger partial charge in [0.15, 0.2) is 0 Å². The van der Waals surface area contributed by atoms with E-state index in [1.807, 2.05) is 4.90 Å². The number of amides is 1. The first kappa shape index (κ1) is 14.2. The second kappa shape index (κ2) is 7.37. The summed E-state index contributed by atoms with van der Waals surface area (Å²) in [5, 5.41) is 0. The van der Waals surface area contributed by atoms with Gasteiger partial charge in [0.1, 0.15) is 5.88 Å². The van der Waals surface area contributed by atoms with E-state index in [0.29, 0.717) is 0 Å². The number of piperidine rings is 1. The van der Waals surface area contributed by atoms with Crippen molar-refractivity contribution in [1.29, 1.82) is 0 Å².